The standard InChI is InChI=1S/C18H28N2O5S/c1-13(2)11-18(21)20-9-7-14(8-10-20)19-26(22,23)17-12-15(24-3)5-6-16(17)25-4/h5-6,12-14,19H,7-11H2,1-4H3. The lowest BCUT2D eigenvalue weighted by molar-refractivity contribution is -0.133. The van der Waals surface area contributed by atoms with Crippen LogP contribution < -0.4 is 14.2 Å². The molecule has 1 fully saturated rings. The van der Waals surface area contributed by atoms with Gasteiger partial charge in [0, 0.05) is 31.6 Å². The average molecular weight is 384 g/mol. The van der Waals surface area contributed by atoms with Crippen LogP contribution in [0.5, 0.6) is 11.5 Å². The molecule has 1 aromatic carbocycles. The van der Waals surface area contributed by atoms with Gasteiger partial charge in [-0.15, -0.1) is 0 Å². The predicted molar refractivity (Wildman–Crippen MR) is 98.9 cm³/mol. The Bertz CT molecular complexity index is 725. The molecule has 8 heteroatoms. The highest BCUT2D eigenvalue weighted by atomic mass is 32.2. The van der Waals surface area contributed by atoms with Crippen LogP contribution in [0.15, 0.2) is 23.1 Å². The van der Waals surface area contributed by atoms with Gasteiger partial charge in [-0.3, -0.25) is 4.79 Å². The fraction of sp³-hybridized carbons (Fsp3) is 0.611. The number of nitrogens with zero attached hydrogens (tertiary/aromatic N) is 1. The van der Waals surface area contributed by atoms with E-state index in [0.717, 1.165) is 0 Å². The number of sulfonamides is 1. The first kappa shape index (κ1) is 20.5. The Hall–Kier alpha value is -1.80. The van der Waals surface area contributed by atoms with Crippen molar-refractivity contribution in [1.82, 2.24) is 9.62 Å². The zero-order valence-corrected chi connectivity index (χ0v) is 16.6. The van der Waals surface area contributed by atoms with Crippen LogP contribution in [0.3, 0.4) is 0 Å². The maximum absolute atomic E-state index is 12.8. The summed E-state index contributed by atoms with van der Waals surface area (Å²) in [5.74, 6) is 1.16. The van der Waals surface area contributed by atoms with Gasteiger partial charge in [0.15, 0.2) is 0 Å². The molecule has 0 atom stereocenters. The number of methoxy groups -OCH3 is 2. The van der Waals surface area contributed by atoms with E-state index in [1.165, 1.54) is 20.3 Å². The molecule has 1 aliphatic heterocycles. The third-order valence-electron chi connectivity index (χ3n) is 4.41. The minimum Gasteiger partial charge on any atom is -0.497 e. The first-order chi connectivity index (χ1) is 12.3. The molecule has 0 aromatic heterocycles. The van der Waals surface area contributed by atoms with Gasteiger partial charge in [-0.25, -0.2) is 13.1 Å². The van der Waals surface area contributed by atoms with Gasteiger partial charge >= 0.3 is 0 Å². The molecule has 1 saturated heterocycles. The van der Waals surface area contributed by atoms with Crippen molar-refractivity contribution < 1.29 is 22.7 Å². The number of benzene rings is 1. The summed E-state index contributed by atoms with van der Waals surface area (Å²) in [6.45, 7) is 5.16. The lowest BCUT2D eigenvalue weighted by Gasteiger charge is -2.32. The smallest absolute Gasteiger partial charge is 0.244 e. The lowest BCUT2D eigenvalue weighted by Crippen LogP contribution is -2.46. The maximum Gasteiger partial charge on any atom is 0.244 e. The highest BCUT2D eigenvalue weighted by molar-refractivity contribution is 7.89. The van der Waals surface area contributed by atoms with Crippen LogP contribution in [0.1, 0.15) is 33.1 Å². The molecule has 7 nitrogen and oxygen atoms in total. The Morgan fingerprint density at radius 3 is 2.42 bits per heavy atom. The number of piperidine rings is 1. The summed E-state index contributed by atoms with van der Waals surface area (Å²) in [4.78, 5) is 14.0. The summed E-state index contributed by atoms with van der Waals surface area (Å²) in [6, 6.07) is 4.46. The number of carbonyl (C=O) groups excluding carboxylic acids is 1. The van der Waals surface area contributed by atoms with Crippen molar-refractivity contribution in [3.05, 3.63) is 18.2 Å². The van der Waals surface area contributed by atoms with Gasteiger partial charge in [0.05, 0.1) is 14.2 Å². The van der Waals surface area contributed by atoms with Crippen molar-refractivity contribution in [3.63, 3.8) is 0 Å². The number of ether oxygens (including phenoxy) is 2. The summed E-state index contributed by atoms with van der Waals surface area (Å²) in [6.07, 6.45) is 1.71. The molecule has 1 N–H and O–H groups in total. The van der Waals surface area contributed by atoms with Gasteiger partial charge < -0.3 is 14.4 Å². The number of nitrogens with one attached hydrogen (secondary N) is 1. The molecule has 0 spiro atoms. The van der Waals surface area contributed by atoms with Gasteiger partial charge in [0.2, 0.25) is 15.9 Å². The fourth-order valence-electron chi connectivity index (χ4n) is 3.00. The van der Waals surface area contributed by atoms with Crippen molar-refractivity contribution in [2.45, 2.75) is 44.0 Å². The summed E-state index contributed by atoms with van der Waals surface area (Å²) < 4.78 is 38.6. The molecule has 2 rings (SSSR count). The number of rotatable bonds is 7. The van der Waals surface area contributed by atoms with Gasteiger partial charge in [-0.2, -0.15) is 0 Å². The normalized spacial score (nSPS) is 16.0. The van der Waals surface area contributed by atoms with E-state index in [1.54, 1.807) is 12.1 Å². The van der Waals surface area contributed by atoms with E-state index in [4.69, 9.17) is 9.47 Å². The Kier molecular flexibility index (Phi) is 6.88. The number of carbonyl (C=O) groups is 1. The molecule has 0 radical (unpaired) electrons. The Balaban J connectivity index is 2.04. The number of amides is 1. The second kappa shape index (κ2) is 8.73. The van der Waals surface area contributed by atoms with Crippen LogP contribution in [0.4, 0.5) is 0 Å². The average Bonchev–Trinajstić information content (AvgIpc) is 2.60. The highest BCUT2D eigenvalue weighted by Gasteiger charge is 2.28. The van der Waals surface area contributed by atoms with Crippen LogP contribution in [0, 0.1) is 5.92 Å². The van der Waals surface area contributed by atoms with Crippen molar-refractivity contribution in [1.29, 1.82) is 0 Å². The van der Waals surface area contributed by atoms with E-state index in [1.807, 2.05) is 18.7 Å². The first-order valence-corrected chi connectivity index (χ1v) is 10.3. The molecule has 146 valence electrons. The maximum atomic E-state index is 12.8. The molecular weight excluding hydrogens is 356 g/mol. The van der Waals surface area contributed by atoms with E-state index in [-0.39, 0.29) is 22.6 Å². The van der Waals surface area contributed by atoms with Crippen molar-refractivity contribution in [2.75, 3.05) is 27.3 Å². The van der Waals surface area contributed by atoms with E-state index in [0.29, 0.717) is 44.0 Å². The second-order valence-electron chi connectivity index (χ2n) is 6.89. The van der Waals surface area contributed by atoms with E-state index < -0.39 is 10.0 Å². The molecule has 0 saturated carbocycles. The monoisotopic (exact) mass is 384 g/mol. The zero-order valence-electron chi connectivity index (χ0n) is 15.8. The van der Waals surface area contributed by atoms with Crippen molar-refractivity contribution in [2.24, 2.45) is 5.92 Å². The minimum absolute atomic E-state index is 0.0534. The molecule has 0 unspecified atom stereocenters. The second-order valence-corrected chi connectivity index (χ2v) is 8.57. The molecule has 1 aliphatic rings. The van der Waals surface area contributed by atoms with Gasteiger partial charge in [-0.1, -0.05) is 13.8 Å². The zero-order chi connectivity index (χ0) is 19.3. The van der Waals surface area contributed by atoms with Crippen LogP contribution in [0.2, 0.25) is 0 Å². The van der Waals surface area contributed by atoms with E-state index in [9.17, 15) is 13.2 Å². The summed E-state index contributed by atoms with van der Waals surface area (Å²) >= 11 is 0. The topological polar surface area (TPSA) is 84.9 Å². The summed E-state index contributed by atoms with van der Waals surface area (Å²) in [5, 5.41) is 0. The number of hydrogen-bond donors (Lipinski definition) is 1. The summed E-state index contributed by atoms with van der Waals surface area (Å²) in [5.41, 5.74) is 0. The van der Waals surface area contributed by atoms with E-state index >= 15 is 0 Å². The van der Waals surface area contributed by atoms with Crippen LogP contribution in [0.25, 0.3) is 0 Å². The largest absolute Gasteiger partial charge is 0.497 e. The van der Waals surface area contributed by atoms with Crippen molar-refractivity contribution >= 4 is 15.9 Å². The third-order valence-corrected chi connectivity index (χ3v) is 5.95. The van der Waals surface area contributed by atoms with Crippen LogP contribution in [-0.4, -0.2) is 52.6 Å². The Morgan fingerprint density at radius 2 is 1.88 bits per heavy atom. The Labute approximate surface area is 155 Å². The van der Waals surface area contributed by atoms with Crippen LogP contribution in [-0.2, 0) is 14.8 Å². The van der Waals surface area contributed by atoms with E-state index in [2.05, 4.69) is 4.72 Å². The van der Waals surface area contributed by atoms with Crippen LogP contribution >= 0.6 is 0 Å². The molecule has 26 heavy (non-hydrogen) atoms. The molecule has 1 heterocycles. The third kappa shape index (κ3) is 5.11. The molecule has 0 aliphatic carbocycles. The molecule has 1 aromatic rings. The first-order valence-electron chi connectivity index (χ1n) is 8.79. The molecular formula is C18H28N2O5S. The highest BCUT2D eigenvalue weighted by Crippen LogP contribution is 2.28. The molecule has 0 bridgehead atoms. The fourth-order valence-corrected chi connectivity index (χ4v) is 4.49. The molecule has 1 amide bonds. The SMILES string of the molecule is COc1ccc(OC)c(S(=O)(=O)NC2CCN(C(=O)CC(C)C)CC2)c1. The minimum atomic E-state index is -3.75. The quantitative estimate of drug-likeness (QED) is 0.777. The number of likely N-dealkylation sites (tertiary alicyclic amines) is 1. The van der Waals surface area contributed by atoms with Crippen molar-refractivity contribution in [3.8, 4) is 11.5 Å². The predicted octanol–water partition coefficient (Wildman–Crippen LogP) is 2.02. The van der Waals surface area contributed by atoms with Gasteiger partial charge in [0.25, 0.3) is 0 Å². The van der Waals surface area contributed by atoms with Gasteiger partial charge in [-0.05, 0) is 30.9 Å². The summed E-state index contributed by atoms with van der Waals surface area (Å²) in [7, 11) is -0.839. The Morgan fingerprint density at radius 1 is 1.23 bits per heavy atom. The lowest BCUT2D eigenvalue weighted by atomic mass is 10.0. The number of hydrogen-bond acceptors (Lipinski definition) is 5. The van der Waals surface area contributed by atoms with Gasteiger partial charge in [0.1, 0.15) is 16.4 Å².